The van der Waals surface area contributed by atoms with Crippen LogP contribution in [0.5, 0.6) is 0 Å². The van der Waals surface area contributed by atoms with Gasteiger partial charge in [-0.05, 0) is 43.4 Å². The molecule has 2 aliphatic rings. The fraction of sp³-hybridized carbons (Fsp3) is 0.533. The first kappa shape index (κ1) is 15.6. The van der Waals surface area contributed by atoms with E-state index in [1.165, 1.54) is 6.42 Å². The van der Waals surface area contributed by atoms with Crippen LogP contribution in [-0.4, -0.2) is 37.0 Å². The highest BCUT2D eigenvalue weighted by Gasteiger charge is 2.38. The summed E-state index contributed by atoms with van der Waals surface area (Å²) in [4.78, 5) is 14.4. The molecule has 0 radical (unpaired) electrons. The van der Waals surface area contributed by atoms with Crippen LogP contribution in [0.2, 0.25) is 5.02 Å². The molecule has 0 aliphatic carbocycles. The average molecular weight is 315 g/mol. The van der Waals surface area contributed by atoms with Crippen LogP contribution >= 0.6 is 24.0 Å². The third kappa shape index (κ3) is 2.95. The topological polar surface area (TPSA) is 32.3 Å². The Kier molecular flexibility index (Phi) is 4.95. The molecular weight excluding hydrogens is 295 g/mol. The number of nitrogens with one attached hydrogen (secondary N) is 1. The van der Waals surface area contributed by atoms with Crippen molar-refractivity contribution >= 4 is 29.9 Å². The van der Waals surface area contributed by atoms with E-state index in [1.54, 1.807) is 6.07 Å². The van der Waals surface area contributed by atoms with Crippen LogP contribution in [0.1, 0.15) is 29.6 Å². The van der Waals surface area contributed by atoms with Gasteiger partial charge >= 0.3 is 0 Å². The predicted octanol–water partition coefficient (Wildman–Crippen LogP) is 2.98. The van der Waals surface area contributed by atoms with Gasteiger partial charge in [-0.15, -0.1) is 12.4 Å². The highest BCUT2D eigenvalue weighted by molar-refractivity contribution is 6.33. The maximum Gasteiger partial charge on any atom is 0.255 e. The number of amides is 1. The molecular formula is C15H20Cl2N2O. The Morgan fingerprint density at radius 3 is 2.50 bits per heavy atom. The molecule has 0 saturated carbocycles. The highest BCUT2D eigenvalue weighted by atomic mass is 35.5. The normalized spacial score (nSPS) is 20.8. The van der Waals surface area contributed by atoms with E-state index in [4.69, 9.17) is 11.6 Å². The Hall–Kier alpha value is -0.770. The summed E-state index contributed by atoms with van der Waals surface area (Å²) < 4.78 is 0. The lowest BCUT2D eigenvalue weighted by Gasteiger charge is -2.39. The lowest BCUT2D eigenvalue weighted by Crippen LogP contribution is -2.44. The number of hydrogen-bond acceptors (Lipinski definition) is 2. The summed E-state index contributed by atoms with van der Waals surface area (Å²) in [7, 11) is 0. The highest BCUT2D eigenvalue weighted by Crippen LogP contribution is 2.37. The molecule has 2 saturated heterocycles. The number of nitrogens with zero attached hydrogens (tertiary/aromatic N) is 1. The Bertz CT molecular complexity index is 477. The maximum absolute atomic E-state index is 12.4. The number of carbonyl (C=O) groups excluding carboxylic acids is 1. The third-order valence-electron chi connectivity index (χ3n) is 4.55. The van der Waals surface area contributed by atoms with Crippen molar-refractivity contribution < 1.29 is 4.79 Å². The van der Waals surface area contributed by atoms with Crippen molar-refractivity contribution in [2.24, 2.45) is 5.41 Å². The summed E-state index contributed by atoms with van der Waals surface area (Å²) in [5.41, 5.74) is 1.07. The first-order valence-electron chi connectivity index (χ1n) is 6.95. The zero-order valence-electron chi connectivity index (χ0n) is 11.4. The SMILES string of the molecule is Cl.O=C(c1ccccc1Cl)N1CCC2(CCNC2)CC1. The van der Waals surface area contributed by atoms with E-state index in [1.807, 2.05) is 23.1 Å². The molecule has 3 nitrogen and oxygen atoms in total. The molecule has 3 rings (SSSR count). The Morgan fingerprint density at radius 1 is 1.20 bits per heavy atom. The molecule has 20 heavy (non-hydrogen) atoms. The minimum absolute atomic E-state index is 0. The van der Waals surface area contributed by atoms with Crippen molar-refractivity contribution in [2.45, 2.75) is 19.3 Å². The molecule has 2 fully saturated rings. The van der Waals surface area contributed by atoms with Crippen LogP contribution in [0, 0.1) is 5.41 Å². The molecule has 110 valence electrons. The number of hydrogen-bond donors (Lipinski definition) is 1. The Morgan fingerprint density at radius 2 is 1.90 bits per heavy atom. The van der Waals surface area contributed by atoms with Gasteiger partial charge in [0.15, 0.2) is 0 Å². The molecule has 1 spiro atoms. The Balaban J connectivity index is 0.00000147. The third-order valence-corrected chi connectivity index (χ3v) is 4.88. The van der Waals surface area contributed by atoms with Gasteiger partial charge in [-0.3, -0.25) is 4.79 Å². The number of halogens is 2. The smallest absolute Gasteiger partial charge is 0.255 e. The monoisotopic (exact) mass is 314 g/mol. The van der Waals surface area contributed by atoms with Crippen LogP contribution in [-0.2, 0) is 0 Å². The number of piperidine rings is 1. The summed E-state index contributed by atoms with van der Waals surface area (Å²) >= 11 is 6.10. The van der Waals surface area contributed by atoms with Gasteiger partial charge in [-0.2, -0.15) is 0 Å². The zero-order chi connectivity index (χ0) is 13.3. The fourth-order valence-corrected chi connectivity index (χ4v) is 3.43. The summed E-state index contributed by atoms with van der Waals surface area (Å²) in [6.07, 6.45) is 3.47. The molecule has 0 bridgehead atoms. The lowest BCUT2D eigenvalue weighted by molar-refractivity contribution is 0.0608. The van der Waals surface area contributed by atoms with Gasteiger partial charge in [-0.1, -0.05) is 23.7 Å². The van der Waals surface area contributed by atoms with Gasteiger partial charge in [0, 0.05) is 19.6 Å². The van der Waals surface area contributed by atoms with E-state index >= 15 is 0 Å². The van der Waals surface area contributed by atoms with Crippen LogP contribution in [0.3, 0.4) is 0 Å². The number of rotatable bonds is 1. The van der Waals surface area contributed by atoms with E-state index in [2.05, 4.69) is 5.32 Å². The van der Waals surface area contributed by atoms with Crippen molar-refractivity contribution in [1.82, 2.24) is 10.2 Å². The maximum atomic E-state index is 12.4. The van der Waals surface area contributed by atoms with Crippen molar-refractivity contribution in [3.05, 3.63) is 34.9 Å². The molecule has 0 atom stereocenters. The van der Waals surface area contributed by atoms with Crippen LogP contribution < -0.4 is 5.32 Å². The fourth-order valence-electron chi connectivity index (χ4n) is 3.21. The van der Waals surface area contributed by atoms with Crippen molar-refractivity contribution in [2.75, 3.05) is 26.2 Å². The van der Waals surface area contributed by atoms with E-state index in [-0.39, 0.29) is 18.3 Å². The van der Waals surface area contributed by atoms with Crippen LogP contribution in [0.25, 0.3) is 0 Å². The summed E-state index contributed by atoms with van der Waals surface area (Å²) in [6, 6.07) is 7.31. The molecule has 1 amide bonds. The van der Waals surface area contributed by atoms with Gasteiger partial charge in [0.1, 0.15) is 0 Å². The quantitative estimate of drug-likeness (QED) is 0.864. The largest absolute Gasteiger partial charge is 0.339 e. The van der Waals surface area contributed by atoms with Gasteiger partial charge in [0.05, 0.1) is 10.6 Å². The minimum atomic E-state index is 0. The molecule has 0 unspecified atom stereocenters. The van der Waals surface area contributed by atoms with E-state index in [0.717, 1.165) is 39.0 Å². The molecule has 1 aromatic rings. The number of benzene rings is 1. The number of carbonyl (C=O) groups is 1. The van der Waals surface area contributed by atoms with Gasteiger partial charge in [-0.25, -0.2) is 0 Å². The first-order valence-corrected chi connectivity index (χ1v) is 7.33. The summed E-state index contributed by atoms with van der Waals surface area (Å²) in [5, 5.41) is 3.99. The second-order valence-electron chi connectivity index (χ2n) is 5.70. The average Bonchev–Trinajstić information content (AvgIpc) is 2.88. The van der Waals surface area contributed by atoms with Crippen molar-refractivity contribution in [3.8, 4) is 0 Å². The van der Waals surface area contributed by atoms with Crippen LogP contribution in [0.4, 0.5) is 0 Å². The predicted molar refractivity (Wildman–Crippen MR) is 83.8 cm³/mol. The van der Waals surface area contributed by atoms with Crippen LogP contribution in [0.15, 0.2) is 24.3 Å². The first-order chi connectivity index (χ1) is 9.20. The zero-order valence-corrected chi connectivity index (χ0v) is 13.0. The molecule has 2 aliphatic heterocycles. The standard InChI is InChI=1S/C15H19ClN2O.ClH/c16-13-4-2-1-3-12(13)14(19)18-9-6-15(7-10-18)5-8-17-11-15;/h1-4,17H,5-11H2;1H. The molecule has 2 heterocycles. The lowest BCUT2D eigenvalue weighted by atomic mass is 9.78. The van der Waals surface area contributed by atoms with E-state index in [0.29, 0.717) is 16.0 Å². The molecule has 1 aromatic carbocycles. The van der Waals surface area contributed by atoms with E-state index < -0.39 is 0 Å². The second-order valence-corrected chi connectivity index (χ2v) is 6.11. The van der Waals surface area contributed by atoms with Gasteiger partial charge in [0.25, 0.3) is 5.91 Å². The summed E-state index contributed by atoms with van der Waals surface area (Å²) in [6.45, 7) is 3.94. The van der Waals surface area contributed by atoms with Crippen molar-refractivity contribution in [3.63, 3.8) is 0 Å². The van der Waals surface area contributed by atoms with Crippen molar-refractivity contribution in [1.29, 1.82) is 0 Å². The van der Waals surface area contributed by atoms with E-state index in [9.17, 15) is 4.79 Å². The number of likely N-dealkylation sites (tertiary alicyclic amines) is 1. The molecule has 1 N–H and O–H groups in total. The summed E-state index contributed by atoms with van der Waals surface area (Å²) in [5.74, 6) is 0.0754. The minimum Gasteiger partial charge on any atom is -0.339 e. The van der Waals surface area contributed by atoms with Gasteiger partial charge in [0.2, 0.25) is 0 Å². The molecule has 0 aromatic heterocycles. The Labute approximate surface area is 131 Å². The second kappa shape index (κ2) is 6.33. The van der Waals surface area contributed by atoms with Gasteiger partial charge < -0.3 is 10.2 Å². The molecule has 5 heteroatoms.